The van der Waals surface area contributed by atoms with Crippen molar-refractivity contribution < 1.29 is 18.7 Å². The first-order valence-corrected chi connectivity index (χ1v) is 8.96. The molecule has 0 aliphatic rings. The van der Waals surface area contributed by atoms with E-state index in [9.17, 15) is 14.0 Å². The van der Waals surface area contributed by atoms with Crippen molar-refractivity contribution in [2.45, 2.75) is 25.9 Å². The van der Waals surface area contributed by atoms with Crippen LogP contribution >= 0.6 is 11.6 Å². The molecule has 0 bridgehead atoms. The highest BCUT2D eigenvalue weighted by Gasteiger charge is 2.28. The molecule has 0 aliphatic carbocycles. The molecule has 1 unspecified atom stereocenters. The van der Waals surface area contributed by atoms with Crippen molar-refractivity contribution in [3.63, 3.8) is 0 Å². The molecule has 2 amide bonds. The normalized spacial score (nSPS) is 11.6. The molecule has 2 aromatic carbocycles. The summed E-state index contributed by atoms with van der Waals surface area (Å²) in [6, 6.07) is 11.8. The number of carbonyl (C=O) groups excluding carboxylic acids is 2. The Morgan fingerprint density at radius 1 is 1.15 bits per heavy atom. The number of rotatable bonds is 8. The molecule has 0 fully saturated rings. The van der Waals surface area contributed by atoms with Gasteiger partial charge in [0.05, 0.1) is 0 Å². The van der Waals surface area contributed by atoms with Crippen LogP contribution in [0.5, 0.6) is 5.75 Å². The Kier molecular flexibility index (Phi) is 7.61. The number of nitrogens with zero attached hydrogens (tertiary/aromatic N) is 1. The zero-order valence-electron chi connectivity index (χ0n) is 15.2. The third-order valence-corrected chi connectivity index (χ3v) is 4.33. The van der Waals surface area contributed by atoms with Gasteiger partial charge in [0, 0.05) is 18.6 Å². The minimum Gasteiger partial charge on any atom is -0.484 e. The van der Waals surface area contributed by atoms with Gasteiger partial charge in [0.25, 0.3) is 5.91 Å². The van der Waals surface area contributed by atoms with Crippen LogP contribution in [0.4, 0.5) is 4.39 Å². The number of carbonyl (C=O) groups is 2. The van der Waals surface area contributed by atoms with Gasteiger partial charge in [-0.1, -0.05) is 30.7 Å². The van der Waals surface area contributed by atoms with Gasteiger partial charge in [0.1, 0.15) is 17.6 Å². The number of hydrogen-bond donors (Lipinski definition) is 1. The molecular weight excluding hydrogens is 371 g/mol. The molecule has 7 heteroatoms. The number of hydrogen-bond acceptors (Lipinski definition) is 3. The quantitative estimate of drug-likeness (QED) is 0.749. The molecule has 2 rings (SSSR count). The zero-order chi connectivity index (χ0) is 19.8. The van der Waals surface area contributed by atoms with Crippen LogP contribution in [-0.4, -0.2) is 36.4 Å². The lowest BCUT2D eigenvalue weighted by Crippen LogP contribution is -2.49. The lowest BCUT2D eigenvalue weighted by Gasteiger charge is -2.30. The second kappa shape index (κ2) is 9.92. The summed E-state index contributed by atoms with van der Waals surface area (Å²) in [6.07, 6.45) is 0.454. The van der Waals surface area contributed by atoms with Gasteiger partial charge in [0.15, 0.2) is 6.61 Å². The molecular formula is C20H22ClFN2O3. The van der Waals surface area contributed by atoms with E-state index in [4.69, 9.17) is 16.3 Å². The Labute approximate surface area is 163 Å². The zero-order valence-corrected chi connectivity index (χ0v) is 16.0. The molecule has 5 nitrogen and oxygen atoms in total. The monoisotopic (exact) mass is 392 g/mol. The Balaban J connectivity index is 2.15. The standard InChI is InChI=1S/C20H22ClFN2O3/c1-3-18(20(26)23-2)24(12-14-4-6-15(21)7-5-14)19(25)13-27-17-10-8-16(22)9-11-17/h4-11,18H,3,12-13H2,1-2H3,(H,23,26). The predicted molar refractivity (Wildman–Crippen MR) is 102 cm³/mol. The van der Waals surface area contributed by atoms with Crippen LogP contribution in [0.2, 0.25) is 5.02 Å². The first-order valence-electron chi connectivity index (χ1n) is 8.58. The van der Waals surface area contributed by atoms with Crippen LogP contribution in [0.15, 0.2) is 48.5 Å². The number of likely N-dealkylation sites (N-methyl/N-ethyl adjacent to an activating group) is 1. The highest BCUT2D eigenvalue weighted by Crippen LogP contribution is 2.16. The molecule has 0 spiro atoms. The number of benzene rings is 2. The van der Waals surface area contributed by atoms with Crippen molar-refractivity contribution in [3.8, 4) is 5.75 Å². The van der Waals surface area contributed by atoms with E-state index in [1.165, 1.54) is 36.2 Å². The number of halogens is 2. The molecule has 0 aliphatic heterocycles. The van der Waals surface area contributed by atoms with Crippen LogP contribution in [0.25, 0.3) is 0 Å². The van der Waals surface area contributed by atoms with Crippen molar-refractivity contribution in [2.75, 3.05) is 13.7 Å². The fourth-order valence-electron chi connectivity index (χ4n) is 2.63. The van der Waals surface area contributed by atoms with E-state index >= 15 is 0 Å². The van der Waals surface area contributed by atoms with Gasteiger partial charge in [-0.25, -0.2) is 4.39 Å². The maximum absolute atomic E-state index is 13.0. The van der Waals surface area contributed by atoms with Gasteiger partial charge in [0.2, 0.25) is 5.91 Å². The summed E-state index contributed by atoms with van der Waals surface area (Å²) in [5, 5.41) is 3.18. The van der Waals surface area contributed by atoms with E-state index < -0.39 is 6.04 Å². The van der Waals surface area contributed by atoms with Crippen LogP contribution < -0.4 is 10.1 Å². The van der Waals surface area contributed by atoms with Gasteiger partial charge in [-0.2, -0.15) is 0 Å². The number of nitrogens with one attached hydrogen (secondary N) is 1. The second-order valence-corrected chi connectivity index (χ2v) is 6.37. The van der Waals surface area contributed by atoms with E-state index in [-0.39, 0.29) is 30.8 Å². The maximum Gasteiger partial charge on any atom is 0.261 e. The average molecular weight is 393 g/mol. The number of ether oxygens (including phenoxy) is 1. The van der Waals surface area contributed by atoms with E-state index in [2.05, 4.69) is 5.32 Å². The molecule has 0 saturated carbocycles. The molecule has 1 N–H and O–H groups in total. The van der Waals surface area contributed by atoms with Crippen LogP contribution in [-0.2, 0) is 16.1 Å². The first kappa shape index (κ1) is 20.7. The molecule has 0 aromatic heterocycles. The van der Waals surface area contributed by atoms with Crippen molar-refractivity contribution in [3.05, 3.63) is 64.9 Å². The first-order chi connectivity index (χ1) is 12.9. The fraction of sp³-hybridized carbons (Fsp3) is 0.300. The van der Waals surface area contributed by atoms with Gasteiger partial charge in [-0.3, -0.25) is 9.59 Å². The van der Waals surface area contributed by atoms with Gasteiger partial charge in [-0.05, 0) is 48.4 Å². The molecule has 0 heterocycles. The third kappa shape index (κ3) is 5.96. The summed E-state index contributed by atoms with van der Waals surface area (Å²) in [4.78, 5) is 26.5. The van der Waals surface area contributed by atoms with Crippen molar-refractivity contribution >= 4 is 23.4 Å². The lowest BCUT2D eigenvalue weighted by atomic mass is 10.1. The third-order valence-electron chi connectivity index (χ3n) is 4.07. The van der Waals surface area contributed by atoms with Crippen LogP contribution in [0, 0.1) is 5.82 Å². The lowest BCUT2D eigenvalue weighted by molar-refractivity contribution is -0.142. The SMILES string of the molecule is CCC(C(=O)NC)N(Cc1ccc(Cl)cc1)C(=O)COc1ccc(F)cc1. The summed E-state index contributed by atoms with van der Waals surface area (Å²) in [5.74, 6) is -0.598. The Morgan fingerprint density at radius 2 is 1.78 bits per heavy atom. The fourth-order valence-corrected chi connectivity index (χ4v) is 2.76. The van der Waals surface area contributed by atoms with Gasteiger partial charge in [-0.15, -0.1) is 0 Å². The topological polar surface area (TPSA) is 58.6 Å². The summed E-state index contributed by atoms with van der Waals surface area (Å²) in [5.41, 5.74) is 0.844. The summed E-state index contributed by atoms with van der Waals surface area (Å²) in [7, 11) is 1.53. The minimum absolute atomic E-state index is 0.245. The molecule has 144 valence electrons. The summed E-state index contributed by atoms with van der Waals surface area (Å²) < 4.78 is 18.4. The Bertz CT molecular complexity index is 766. The average Bonchev–Trinajstić information content (AvgIpc) is 2.68. The van der Waals surface area contributed by atoms with E-state index in [0.29, 0.717) is 17.2 Å². The van der Waals surface area contributed by atoms with Gasteiger partial charge < -0.3 is 15.0 Å². The molecule has 0 saturated heterocycles. The van der Waals surface area contributed by atoms with Crippen LogP contribution in [0.1, 0.15) is 18.9 Å². The second-order valence-electron chi connectivity index (χ2n) is 5.93. The van der Waals surface area contributed by atoms with E-state index in [1.54, 1.807) is 24.3 Å². The van der Waals surface area contributed by atoms with Crippen molar-refractivity contribution in [1.82, 2.24) is 10.2 Å². The predicted octanol–water partition coefficient (Wildman–Crippen LogP) is 3.41. The van der Waals surface area contributed by atoms with E-state index in [1.807, 2.05) is 6.92 Å². The smallest absolute Gasteiger partial charge is 0.261 e. The highest BCUT2D eigenvalue weighted by atomic mass is 35.5. The van der Waals surface area contributed by atoms with E-state index in [0.717, 1.165) is 5.56 Å². The van der Waals surface area contributed by atoms with Gasteiger partial charge >= 0.3 is 0 Å². The molecule has 2 aromatic rings. The van der Waals surface area contributed by atoms with Crippen molar-refractivity contribution in [2.24, 2.45) is 0 Å². The number of amides is 2. The molecule has 0 radical (unpaired) electrons. The summed E-state index contributed by atoms with van der Waals surface area (Å²) >= 11 is 5.91. The largest absolute Gasteiger partial charge is 0.484 e. The maximum atomic E-state index is 13.0. The minimum atomic E-state index is -0.630. The van der Waals surface area contributed by atoms with Crippen LogP contribution in [0.3, 0.4) is 0 Å². The van der Waals surface area contributed by atoms with Crippen molar-refractivity contribution in [1.29, 1.82) is 0 Å². The molecule has 27 heavy (non-hydrogen) atoms. The molecule has 1 atom stereocenters. The summed E-state index contributed by atoms with van der Waals surface area (Å²) in [6.45, 7) is 1.82. The Morgan fingerprint density at radius 3 is 2.33 bits per heavy atom. The Hall–Kier alpha value is -2.60. The highest BCUT2D eigenvalue weighted by molar-refractivity contribution is 6.30.